The van der Waals surface area contributed by atoms with Crippen LogP contribution in [0.3, 0.4) is 0 Å². The minimum Gasteiger partial charge on any atom is -0.383 e. The Bertz CT molecular complexity index is 715. The van der Waals surface area contributed by atoms with E-state index in [1.807, 2.05) is 33.7 Å². The Morgan fingerprint density at radius 3 is 2.78 bits per heavy atom. The fourth-order valence-electron chi connectivity index (χ4n) is 3.40. The zero-order valence-electron chi connectivity index (χ0n) is 14.1. The molecule has 2 heterocycles. The van der Waals surface area contributed by atoms with Gasteiger partial charge in [0.05, 0.1) is 11.0 Å². The number of benzene rings is 1. The number of rotatable bonds is 3. The van der Waals surface area contributed by atoms with Crippen molar-refractivity contribution < 1.29 is 9.90 Å². The maximum atomic E-state index is 12.8. The molecular weight excluding hydrogens is 290 g/mol. The SMILES string of the molecule is CC1CCCCN1C(=O)Cn1c(C(C)(C)O)nc2ccccc21. The first-order valence-electron chi connectivity index (χ1n) is 8.35. The maximum Gasteiger partial charge on any atom is 0.242 e. The van der Waals surface area contributed by atoms with Crippen molar-refractivity contribution in [1.29, 1.82) is 0 Å². The first-order valence-corrected chi connectivity index (χ1v) is 8.35. The van der Waals surface area contributed by atoms with Gasteiger partial charge in [-0.25, -0.2) is 4.98 Å². The third kappa shape index (κ3) is 3.11. The number of amides is 1. The summed E-state index contributed by atoms with van der Waals surface area (Å²) in [5.41, 5.74) is 0.610. The predicted molar refractivity (Wildman–Crippen MR) is 90.0 cm³/mol. The number of aromatic nitrogens is 2. The average Bonchev–Trinajstić information content (AvgIpc) is 2.87. The Kier molecular flexibility index (Phi) is 4.15. The number of para-hydroxylation sites is 2. The van der Waals surface area contributed by atoms with Gasteiger partial charge >= 0.3 is 0 Å². The molecule has 1 atom stereocenters. The lowest BCUT2D eigenvalue weighted by atomic mass is 10.0. The van der Waals surface area contributed by atoms with Crippen LogP contribution in [0.5, 0.6) is 0 Å². The second-order valence-electron chi connectivity index (χ2n) is 7.00. The molecule has 1 N–H and O–H groups in total. The molecule has 2 aromatic rings. The van der Waals surface area contributed by atoms with Gasteiger partial charge in [-0.05, 0) is 52.2 Å². The number of carbonyl (C=O) groups excluding carboxylic acids is 1. The van der Waals surface area contributed by atoms with Crippen LogP contribution in [-0.4, -0.2) is 38.1 Å². The summed E-state index contributed by atoms with van der Waals surface area (Å²) < 4.78 is 1.86. The molecule has 1 unspecified atom stereocenters. The second-order valence-corrected chi connectivity index (χ2v) is 7.00. The van der Waals surface area contributed by atoms with E-state index in [4.69, 9.17) is 0 Å². The topological polar surface area (TPSA) is 58.4 Å². The van der Waals surface area contributed by atoms with Crippen LogP contribution in [0.15, 0.2) is 24.3 Å². The quantitative estimate of drug-likeness (QED) is 0.947. The molecule has 23 heavy (non-hydrogen) atoms. The number of piperidine rings is 1. The normalized spacial score (nSPS) is 19.3. The summed E-state index contributed by atoms with van der Waals surface area (Å²) in [7, 11) is 0. The molecule has 1 aromatic heterocycles. The van der Waals surface area contributed by atoms with Crippen LogP contribution in [0.1, 0.15) is 45.9 Å². The lowest BCUT2D eigenvalue weighted by Gasteiger charge is -2.34. The van der Waals surface area contributed by atoms with Crippen LogP contribution in [0.2, 0.25) is 0 Å². The van der Waals surface area contributed by atoms with E-state index in [0.717, 1.165) is 30.4 Å². The summed E-state index contributed by atoms with van der Waals surface area (Å²) in [5, 5.41) is 10.4. The minimum absolute atomic E-state index is 0.103. The number of aliphatic hydroxyl groups is 1. The summed E-state index contributed by atoms with van der Waals surface area (Å²) in [5.74, 6) is 0.641. The molecule has 5 heteroatoms. The standard InChI is InChI=1S/C18H25N3O2/c1-13-8-6-7-11-20(13)16(22)12-21-15-10-5-4-9-14(15)19-17(21)18(2,3)23/h4-5,9-10,13,23H,6-8,11-12H2,1-3H3. The van der Waals surface area contributed by atoms with E-state index in [1.54, 1.807) is 13.8 Å². The molecule has 5 nitrogen and oxygen atoms in total. The van der Waals surface area contributed by atoms with E-state index in [2.05, 4.69) is 11.9 Å². The van der Waals surface area contributed by atoms with E-state index >= 15 is 0 Å². The van der Waals surface area contributed by atoms with Crippen molar-refractivity contribution in [3.63, 3.8) is 0 Å². The lowest BCUT2D eigenvalue weighted by Crippen LogP contribution is -2.44. The number of hydrogen-bond donors (Lipinski definition) is 1. The van der Waals surface area contributed by atoms with Gasteiger partial charge in [0.1, 0.15) is 18.0 Å². The molecule has 124 valence electrons. The number of imidazole rings is 1. The van der Waals surface area contributed by atoms with Gasteiger partial charge in [0.2, 0.25) is 5.91 Å². The van der Waals surface area contributed by atoms with Crippen molar-refractivity contribution in [2.45, 2.75) is 58.2 Å². The van der Waals surface area contributed by atoms with Crippen LogP contribution in [0.25, 0.3) is 11.0 Å². The molecule has 0 radical (unpaired) electrons. The third-order valence-electron chi connectivity index (χ3n) is 4.62. The average molecular weight is 315 g/mol. The van der Waals surface area contributed by atoms with E-state index in [-0.39, 0.29) is 18.5 Å². The van der Waals surface area contributed by atoms with Crippen molar-refractivity contribution in [3.8, 4) is 0 Å². The van der Waals surface area contributed by atoms with Crippen molar-refractivity contribution in [2.24, 2.45) is 0 Å². The Hall–Kier alpha value is -1.88. The highest BCUT2D eigenvalue weighted by Crippen LogP contribution is 2.25. The smallest absolute Gasteiger partial charge is 0.242 e. The zero-order valence-corrected chi connectivity index (χ0v) is 14.1. The molecule has 1 saturated heterocycles. The number of hydrogen-bond acceptors (Lipinski definition) is 3. The fraction of sp³-hybridized carbons (Fsp3) is 0.556. The zero-order chi connectivity index (χ0) is 16.6. The van der Waals surface area contributed by atoms with Gasteiger partial charge in [0.25, 0.3) is 0 Å². The molecule has 1 aliphatic rings. The molecule has 1 fully saturated rings. The van der Waals surface area contributed by atoms with E-state index in [9.17, 15) is 9.90 Å². The van der Waals surface area contributed by atoms with Crippen LogP contribution in [-0.2, 0) is 16.9 Å². The van der Waals surface area contributed by atoms with Crippen LogP contribution in [0, 0.1) is 0 Å². The second kappa shape index (κ2) is 5.96. The largest absolute Gasteiger partial charge is 0.383 e. The monoisotopic (exact) mass is 315 g/mol. The third-order valence-corrected chi connectivity index (χ3v) is 4.62. The summed E-state index contributed by atoms with van der Waals surface area (Å²) in [6.07, 6.45) is 3.32. The van der Waals surface area contributed by atoms with Gasteiger partial charge in [-0.15, -0.1) is 0 Å². The minimum atomic E-state index is -1.09. The fourth-order valence-corrected chi connectivity index (χ4v) is 3.40. The van der Waals surface area contributed by atoms with E-state index in [1.165, 1.54) is 6.42 Å². The van der Waals surface area contributed by atoms with Crippen molar-refractivity contribution in [3.05, 3.63) is 30.1 Å². The molecule has 0 aliphatic carbocycles. The highest BCUT2D eigenvalue weighted by molar-refractivity contribution is 5.81. The van der Waals surface area contributed by atoms with Gasteiger partial charge in [0, 0.05) is 12.6 Å². The van der Waals surface area contributed by atoms with Crippen LogP contribution < -0.4 is 0 Å². The molecule has 0 spiro atoms. The molecule has 0 bridgehead atoms. The Balaban J connectivity index is 1.96. The van der Waals surface area contributed by atoms with Gasteiger partial charge in [-0.3, -0.25) is 4.79 Å². The molecular formula is C18H25N3O2. The molecule has 3 rings (SSSR count). The number of nitrogens with zero attached hydrogens (tertiary/aromatic N) is 3. The number of carbonyl (C=O) groups is 1. The highest BCUT2D eigenvalue weighted by atomic mass is 16.3. The van der Waals surface area contributed by atoms with Crippen LogP contribution >= 0.6 is 0 Å². The first-order chi connectivity index (χ1) is 10.9. The molecule has 1 amide bonds. The Labute approximate surface area is 136 Å². The Morgan fingerprint density at radius 1 is 1.35 bits per heavy atom. The van der Waals surface area contributed by atoms with E-state index < -0.39 is 5.60 Å². The Morgan fingerprint density at radius 2 is 2.09 bits per heavy atom. The first kappa shape index (κ1) is 16.0. The lowest BCUT2D eigenvalue weighted by molar-refractivity contribution is -0.135. The van der Waals surface area contributed by atoms with Gasteiger partial charge in [-0.2, -0.15) is 0 Å². The van der Waals surface area contributed by atoms with Crippen molar-refractivity contribution >= 4 is 16.9 Å². The molecule has 1 aromatic carbocycles. The van der Waals surface area contributed by atoms with Crippen LogP contribution in [0.4, 0.5) is 0 Å². The summed E-state index contributed by atoms with van der Waals surface area (Å²) in [6, 6.07) is 8.00. The number of fused-ring (bicyclic) bond motifs is 1. The number of likely N-dealkylation sites (tertiary alicyclic amines) is 1. The molecule has 0 saturated carbocycles. The molecule has 1 aliphatic heterocycles. The summed E-state index contributed by atoms with van der Waals surface area (Å²) >= 11 is 0. The van der Waals surface area contributed by atoms with E-state index in [0.29, 0.717) is 5.82 Å². The predicted octanol–water partition coefficient (Wildman–Crippen LogP) is 2.66. The van der Waals surface area contributed by atoms with Gasteiger partial charge < -0.3 is 14.6 Å². The highest BCUT2D eigenvalue weighted by Gasteiger charge is 2.28. The van der Waals surface area contributed by atoms with Gasteiger partial charge in [-0.1, -0.05) is 12.1 Å². The summed E-state index contributed by atoms with van der Waals surface area (Å²) in [6.45, 7) is 6.58. The van der Waals surface area contributed by atoms with Crippen molar-refractivity contribution in [1.82, 2.24) is 14.5 Å². The van der Waals surface area contributed by atoms with Gasteiger partial charge in [0.15, 0.2) is 0 Å². The summed E-state index contributed by atoms with van der Waals surface area (Å²) in [4.78, 5) is 19.3. The maximum absolute atomic E-state index is 12.8. The van der Waals surface area contributed by atoms with Crippen molar-refractivity contribution in [2.75, 3.05) is 6.54 Å².